The van der Waals surface area contributed by atoms with Gasteiger partial charge in [-0.2, -0.15) is 0 Å². The molecule has 2 unspecified atom stereocenters. The Hall–Kier alpha value is -1.15. The number of nitrogens with zero attached hydrogens (tertiary/aromatic N) is 1. The molecule has 1 heterocycles. The first kappa shape index (κ1) is 15.9. The summed E-state index contributed by atoms with van der Waals surface area (Å²) in [4.78, 5) is 16.4. The molecule has 0 saturated carbocycles. The van der Waals surface area contributed by atoms with Crippen LogP contribution in [0.25, 0.3) is 0 Å². The van der Waals surface area contributed by atoms with Gasteiger partial charge >= 0.3 is 0 Å². The standard InChI is InChI=1S/C11H20N4O2S2/c1-4-5-13-11-15-9(12)8(18-11)10(16)14-6-7(2)19(3)17/h7H,4-6,12H2,1-3H3,(H,13,15)(H,14,16). The van der Waals surface area contributed by atoms with Crippen LogP contribution in [0.4, 0.5) is 10.9 Å². The second kappa shape index (κ2) is 7.44. The van der Waals surface area contributed by atoms with Crippen LogP contribution in [0.2, 0.25) is 0 Å². The predicted octanol–water partition coefficient (Wildman–Crippen LogP) is 1.04. The molecule has 0 bridgehead atoms. The summed E-state index contributed by atoms with van der Waals surface area (Å²) in [7, 11) is -0.958. The second-order valence-corrected chi connectivity index (χ2v) is 6.98. The molecule has 4 N–H and O–H groups in total. The molecular weight excluding hydrogens is 284 g/mol. The first-order chi connectivity index (χ1) is 8.95. The summed E-state index contributed by atoms with van der Waals surface area (Å²) in [5.74, 6) is -0.0387. The zero-order valence-corrected chi connectivity index (χ0v) is 13.0. The van der Waals surface area contributed by atoms with E-state index in [4.69, 9.17) is 5.73 Å². The van der Waals surface area contributed by atoms with E-state index in [1.54, 1.807) is 6.26 Å². The Morgan fingerprint density at radius 3 is 2.84 bits per heavy atom. The van der Waals surface area contributed by atoms with Gasteiger partial charge in [0.05, 0.1) is 0 Å². The number of nitrogens with one attached hydrogen (secondary N) is 2. The summed E-state index contributed by atoms with van der Waals surface area (Å²) in [6, 6.07) is 0. The normalized spacial score (nSPS) is 13.8. The summed E-state index contributed by atoms with van der Waals surface area (Å²) in [5.41, 5.74) is 5.72. The number of hydrogen-bond donors (Lipinski definition) is 3. The van der Waals surface area contributed by atoms with E-state index in [0.717, 1.165) is 13.0 Å². The van der Waals surface area contributed by atoms with Gasteiger partial charge in [0.1, 0.15) is 10.7 Å². The SMILES string of the molecule is CCCNc1nc(N)c(C(=O)NCC(C)S(C)=O)s1. The fourth-order valence-electron chi connectivity index (χ4n) is 1.24. The van der Waals surface area contributed by atoms with Crippen LogP contribution in [-0.4, -0.2) is 39.7 Å². The van der Waals surface area contributed by atoms with Crippen molar-refractivity contribution in [3.05, 3.63) is 4.88 Å². The van der Waals surface area contributed by atoms with Crippen molar-refractivity contribution in [3.8, 4) is 0 Å². The fraction of sp³-hybridized carbons (Fsp3) is 0.636. The third-order valence-electron chi connectivity index (χ3n) is 2.50. The molecule has 0 aliphatic heterocycles. The number of carbonyl (C=O) groups excluding carboxylic acids is 1. The van der Waals surface area contributed by atoms with Gasteiger partial charge in [-0.15, -0.1) is 0 Å². The Morgan fingerprint density at radius 2 is 2.26 bits per heavy atom. The molecule has 0 spiro atoms. The minimum absolute atomic E-state index is 0.0872. The smallest absolute Gasteiger partial charge is 0.265 e. The van der Waals surface area contributed by atoms with Crippen molar-refractivity contribution in [2.75, 3.05) is 30.4 Å². The van der Waals surface area contributed by atoms with Crippen LogP contribution in [0.5, 0.6) is 0 Å². The van der Waals surface area contributed by atoms with E-state index in [2.05, 4.69) is 15.6 Å². The van der Waals surface area contributed by atoms with Crippen molar-refractivity contribution in [2.45, 2.75) is 25.5 Å². The maximum absolute atomic E-state index is 11.9. The highest BCUT2D eigenvalue weighted by molar-refractivity contribution is 7.84. The number of rotatable bonds is 7. The van der Waals surface area contributed by atoms with E-state index in [1.807, 2.05) is 13.8 Å². The molecule has 1 rings (SSSR count). The molecular formula is C11H20N4O2S2. The molecule has 0 radical (unpaired) electrons. The number of aromatic nitrogens is 1. The Kier molecular flexibility index (Phi) is 6.23. The number of nitrogens with two attached hydrogens (primary N) is 1. The molecule has 1 aromatic rings. The molecule has 0 fully saturated rings. The number of carbonyl (C=O) groups is 1. The van der Waals surface area contributed by atoms with Crippen LogP contribution in [-0.2, 0) is 10.8 Å². The van der Waals surface area contributed by atoms with Gasteiger partial charge in [0.15, 0.2) is 5.13 Å². The van der Waals surface area contributed by atoms with Crippen molar-refractivity contribution in [3.63, 3.8) is 0 Å². The largest absolute Gasteiger partial charge is 0.382 e. The minimum atomic E-state index is -0.958. The zero-order valence-electron chi connectivity index (χ0n) is 11.4. The molecule has 0 saturated heterocycles. The second-order valence-electron chi connectivity index (χ2n) is 4.18. The third kappa shape index (κ3) is 4.79. The van der Waals surface area contributed by atoms with Crippen molar-refractivity contribution in [1.82, 2.24) is 10.3 Å². The van der Waals surface area contributed by atoms with Crippen LogP contribution >= 0.6 is 11.3 Å². The summed E-state index contributed by atoms with van der Waals surface area (Å²) < 4.78 is 11.2. The summed E-state index contributed by atoms with van der Waals surface area (Å²) in [6.45, 7) is 5.02. The Balaban J connectivity index is 2.61. The van der Waals surface area contributed by atoms with Gasteiger partial charge in [-0.1, -0.05) is 18.3 Å². The lowest BCUT2D eigenvalue weighted by molar-refractivity contribution is 0.0959. The van der Waals surface area contributed by atoms with E-state index in [9.17, 15) is 9.00 Å². The summed E-state index contributed by atoms with van der Waals surface area (Å²) in [5, 5.41) is 6.38. The number of amides is 1. The number of hydrogen-bond acceptors (Lipinski definition) is 6. The quantitative estimate of drug-likeness (QED) is 0.699. The fourth-order valence-corrected chi connectivity index (χ4v) is 2.38. The van der Waals surface area contributed by atoms with Gasteiger partial charge in [0.2, 0.25) is 0 Å². The van der Waals surface area contributed by atoms with Crippen LogP contribution in [0.15, 0.2) is 0 Å². The molecule has 0 aromatic carbocycles. The Bertz CT molecular complexity index is 462. The van der Waals surface area contributed by atoms with Crippen molar-refractivity contribution in [1.29, 1.82) is 0 Å². The van der Waals surface area contributed by atoms with Crippen molar-refractivity contribution < 1.29 is 9.00 Å². The number of anilines is 2. The maximum atomic E-state index is 11.9. The van der Waals surface area contributed by atoms with Crippen LogP contribution in [0.3, 0.4) is 0 Å². The first-order valence-corrected chi connectivity index (χ1v) is 8.50. The molecule has 2 atom stereocenters. The Labute approximate surface area is 119 Å². The summed E-state index contributed by atoms with van der Waals surface area (Å²) in [6.07, 6.45) is 2.59. The molecule has 108 valence electrons. The highest BCUT2D eigenvalue weighted by Crippen LogP contribution is 2.24. The molecule has 6 nitrogen and oxygen atoms in total. The molecule has 1 aromatic heterocycles. The molecule has 8 heteroatoms. The highest BCUT2D eigenvalue weighted by Gasteiger charge is 2.17. The molecule has 19 heavy (non-hydrogen) atoms. The Morgan fingerprint density at radius 1 is 1.58 bits per heavy atom. The zero-order chi connectivity index (χ0) is 14.4. The van der Waals surface area contributed by atoms with Gasteiger partial charge in [-0.25, -0.2) is 4.98 Å². The minimum Gasteiger partial charge on any atom is -0.382 e. The van der Waals surface area contributed by atoms with Crippen LogP contribution in [0.1, 0.15) is 29.9 Å². The van der Waals surface area contributed by atoms with Gasteiger partial charge in [0.25, 0.3) is 5.91 Å². The number of nitrogen functional groups attached to an aromatic ring is 1. The number of thiazole rings is 1. The van der Waals surface area contributed by atoms with Crippen LogP contribution in [0, 0.1) is 0 Å². The van der Waals surface area contributed by atoms with Gasteiger partial charge in [-0.05, 0) is 13.3 Å². The predicted molar refractivity (Wildman–Crippen MR) is 81.2 cm³/mol. The average molecular weight is 304 g/mol. The van der Waals surface area contributed by atoms with E-state index < -0.39 is 10.8 Å². The van der Waals surface area contributed by atoms with Gasteiger partial charge < -0.3 is 16.4 Å². The van der Waals surface area contributed by atoms with E-state index in [1.165, 1.54) is 11.3 Å². The van der Waals surface area contributed by atoms with E-state index >= 15 is 0 Å². The monoisotopic (exact) mass is 304 g/mol. The lowest BCUT2D eigenvalue weighted by Crippen LogP contribution is -2.32. The highest BCUT2D eigenvalue weighted by atomic mass is 32.2. The topological polar surface area (TPSA) is 97.1 Å². The van der Waals surface area contributed by atoms with E-state index in [0.29, 0.717) is 16.6 Å². The van der Waals surface area contributed by atoms with E-state index in [-0.39, 0.29) is 17.0 Å². The average Bonchev–Trinajstić information content (AvgIpc) is 2.74. The third-order valence-corrected chi connectivity index (χ3v) is 4.83. The molecule has 1 amide bonds. The van der Waals surface area contributed by atoms with Crippen molar-refractivity contribution >= 4 is 39.0 Å². The molecule has 0 aliphatic carbocycles. The molecule has 0 aliphatic rings. The van der Waals surface area contributed by atoms with Crippen molar-refractivity contribution in [2.24, 2.45) is 0 Å². The maximum Gasteiger partial charge on any atom is 0.265 e. The lowest BCUT2D eigenvalue weighted by atomic mass is 10.4. The summed E-state index contributed by atoms with van der Waals surface area (Å²) >= 11 is 1.23. The lowest BCUT2D eigenvalue weighted by Gasteiger charge is -2.08. The van der Waals surface area contributed by atoms with Gasteiger partial charge in [-0.3, -0.25) is 9.00 Å². The van der Waals surface area contributed by atoms with Gasteiger partial charge in [0, 0.05) is 35.4 Å². The van der Waals surface area contributed by atoms with Crippen LogP contribution < -0.4 is 16.4 Å². The first-order valence-electron chi connectivity index (χ1n) is 6.06.